The van der Waals surface area contributed by atoms with Gasteiger partial charge >= 0.3 is 5.97 Å². The molecule has 1 heterocycles. The summed E-state index contributed by atoms with van der Waals surface area (Å²) in [5.74, 6) is -0.825. The van der Waals surface area contributed by atoms with Gasteiger partial charge in [0.1, 0.15) is 18.3 Å². The van der Waals surface area contributed by atoms with Crippen LogP contribution in [0.4, 0.5) is 4.39 Å². The van der Waals surface area contributed by atoms with Gasteiger partial charge in [0.05, 0.1) is 25.8 Å². The van der Waals surface area contributed by atoms with Gasteiger partial charge in [-0.05, 0) is 44.7 Å². The van der Waals surface area contributed by atoms with E-state index in [0.29, 0.717) is 25.8 Å². The molecule has 2 fully saturated rings. The summed E-state index contributed by atoms with van der Waals surface area (Å²) < 4.78 is 18.9. The van der Waals surface area contributed by atoms with Crippen LogP contribution in [0.1, 0.15) is 63.9 Å². The van der Waals surface area contributed by atoms with Crippen LogP contribution in [0, 0.1) is 16.7 Å². The van der Waals surface area contributed by atoms with Gasteiger partial charge in [0, 0.05) is 18.3 Å². The Morgan fingerprint density at radius 2 is 1.95 bits per heavy atom. The molecule has 2 aliphatic rings. The monoisotopic (exact) mass is 514 g/mol. The Morgan fingerprint density at radius 1 is 1.22 bits per heavy atom. The Morgan fingerprint density at radius 3 is 2.62 bits per heavy atom. The molecule has 2 amide bonds. The zero-order valence-corrected chi connectivity index (χ0v) is 21.7. The molecule has 0 aromatic heterocycles. The Hall–Kier alpha value is -2.99. The molecule has 1 saturated carbocycles. The quantitative estimate of drug-likeness (QED) is 0.328. The molecule has 3 atom stereocenters. The molecular weight excluding hydrogens is 475 g/mol. The Balaban J connectivity index is 1.55. The van der Waals surface area contributed by atoms with Crippen LogP contribution in [0.3, 0.4) is 0 Å². The molecule has 1 aromatic rings. The van der Waals surface area contributed by atoms with Gasteiger partial charge in [-0.3, -0.25) is 9.59 Å². The van der Waals surface area contributed by atoms with Crippen molar-refractivity contribution in [1.29, 1.82) is 5.26 Å². The van der Waals surface area contributed by atoms with Crippen molar-refractivity contribution in [3.63, 3.8) is 0 Å². The van der Waals surface area contributed by atoms with E-state index >= 15 is 0 Å². The fourth-order valence-electron chi connectivity index (χ4n) is 5.45. The third-order valence-electron chi connectivity index (χ3n) is 7.46. The second-order valence-electron chi connectivity index (χ2n) is 10.1. The third kappa shape index (κ3) is 8.00. The zero-order valence-electron chi connectivity index (χ0n) is 21.7. The van der Waals surface area contributed by atoms with E-state index in [2.05, 4.69) is 10.6 Å². The standard InChI is InChI=1S/C28H39FN4O4/c1-2-37-26(35)24(16-21-10-5-3-6-11-21)32-27(36)28(12-7-4-8-13-28)14-9-15-31-19-25(34)33-20-22(29)17-23(33)18-30/h3,5-6,10-11,22-24,31H,2,4,7-9,12-17,19-20H2,1H3,(H,32,36). The van der Waals surface area contributed by atoms with Crippen LogP contribution in [-0.2, 0) is 25.5 Å². The van der Waals surface area contributed by atoms with Gasteiger partial charge in [0.2, 0.25) is 11.8 Å². The number of carbonyl (C=O) groups excluding carboxylic acids is 3. The highest BCUT2D eigenvalue weighted by Crippen LogP contribution is 2.40. The van der Waals surface area contributed by atoms with Crippen molar-refractivity contribution < 1.29 is 23.5 Å². The lowest BCUT2D eigenvalue weighted by atomic mass is 9.70. The van der Waals surface area contributed by atoms with Crippen molar-refractivity contribution >= 4 is 17.8 Å². The van der Waals surface area contributed by atoms with E-state index < -0.39 is 29.6 Å². The topological polar surface area (TPSA) is 112 Å². The largest absolute Gasteiger partial charge is 0.464 e. The first-order valence-electron chi connectivity index (χ1n) is 13.4. The van der Waals surface area contributed by atoms with Crippen molar-refractivity contribution in [1.82, 2.24) is 15.5 Å². The normalized spacial score (nSPS) is 21.6. The molecule has 0 bridgehead atoms. The molecule has 1 saturated heterocycles. The van der Waals surface area contributed by atoms with Gasteiger partial charge in [0.15, 0.2) is 0 Å². The van der Waals surface area contributed by atoms with Crippen LogP contribution < -0.4 is 10.6 Å². The van der Waals surface area contributed by atoms with Crippen LogP contribution in [0.15, 0.2) is 30.3 Å². The Bertz CT molecular complexity index is 945. The first-order valence-corrected chi connectivity index (χ1v) is 13.4. The summed E-state index contributed by atoms with van der Waals surface area (Å²) in [5.41, 5.74) is 0.386. The number of hydrogen-bond acceptors (Lipinski definition) is 6. The average molecular weight is 515 g/mol. The number of benzene rings is 1. The fraction of sp³-hybridized carbons (Fsp3) is 0.643. The van der Waals surface area contributed by atoms with E-state index in [1.807, 2.05) is 36.4 Å². The van der Waals surface area contributed by atoms with E-state index in [0.717, 1.165) is 37.7 Å². The number of carbonyl (C=O) groups is 3. The first-order chi connectivity index (χ1) is 17.9. The zero-order chi connectivity index (χ0) is 26.7. The van der Waals surface area contributed by atoms with E-state index in [1.165, 1.54) is 4.90 Å². The lowest BCUT2D eigenvalue weighted by Crippen LogP contribution is -2.50. The van der Waals surface area contributed by atoms with Crippen LogP contribution in [0.5, 0.6) is 0 Å². The van der Waals surface area contributed by atoms with Gasteiger partial charge in [-0.15, -0.1) is 0 Å². The van der Waals surface area contributed by atoms with Crippen molar-refractivity contribution in [3.8, 4) is 6.07 Å². The molecule has 3 rings (SSSR count). The molecule has 37 heavy (non-hydrogen) atoms. The molecule has 9 heteroatoms. The van der Waals surface area contributed by atoms with E-state index in [-0.39, 0.29) is 37.9 Å². The lowest BCUT2D eigenvalue weighted by Gasteiger charge is -2.37. The van der Waals surface area contributed by atoms with Gasteiger partial charge < -0.3 is 20.3 Å². The molecule has 202 valence electrons. The number of hydrogen-bond donors (Lipinski definition) is 2. The molecule has 1 aromatic carbocycles. The van der Waals surface area contributed by atoms with E-state index in [1.54, 1.807) is 6.92 Å². The molecule has 3 unspecified atom stereocenters. The second-order valence-corrected chi connectivity index (χ2v) is 10.1. The Labute approximate surface area is 218 Å². The van der Waals surface area contributed by atoms with Crippen LogP contribution in [0.2, 0.25) is 0 Å². The van der Waals surface area contributed by atoms with Crippen molar-refractivity contribution in [2.45, 2.75) is 83.0 Å². The lowest BCUT2D eigenvalue weighted by molar-refractivity contribution is -0.149. The van der Waals surface area contributed by atoms with E-state index in [9.17, 15) is 18.8 Å². The molecular formula is C28H39FN4O4. The van der Waals surface area contributed by atoms with Crippen molar-refractivity contribution in [2.75, 3.05) is 26.2 Å². The fourth-order valence-corrected chi connectivity index (χ4v) is 5.45. The maximum atomic E-state index is 13.6. The minimum atomic E-state index is -1.15. The van der Waals surface area contributed by atoms with Gasteiger partial charge in [-0.25, -0.2) is 9.18 Å². The number of rotatable bonds is 12. The second kappa shape index (κ2) is 14.1. The SMILES string of the molecule is CCOC(=O)C(Cc1ccccc1)NC(=O)C1(CCCNCC(=O)N2CC(F)CC2C#N)CCCCC1. The highest BCUT2D eigenvalue weighted by Gasteiger charge is 2.41. The van der Waals surface area contributed by atoms with Gasteiger partial charge in [-0.2, -0.15) is 5.26 Å². The minimum Gasteiger partial charge on any atom is -0.464 e. The number of likely N-dealkylation sites (tertiary alicyclic amines) is 1. The average Bonchev–Trinajstić information content (AvgIpc) is 3.30. The van der Waals surface area contributed by atoms with Gasteiger partial charge in [0.25, 0.3) is 0 Å². The maximum Gasteiger partial charge on any atom is 0.328 e. The minimum absolute atomic E-state index is 0.0338. The predicted octanol–water partition coefficient (Wildman–Crippen LogP) is 3.06. The number of nitrogens with zero attached hydrogens (tertiary/aromatic N) is 2. The number of ether oxygens (including phenoxy) is 1. The van der Waals surface area contributed by atoms with Crippen molar-refractivity contribution in [2.24, 2.45) is 5.41 Å². The number of halogens is 1. The number of nitriles is 1. The molecule has 1 aliphatic carbocycles. The predicted molar refractivity (Wildman–Crippen MR) is 137 cm³/mol. The van der Waals surface area contributed by atoms with Crippen LogP contribution >= 0.6 is 0 Å². The number of nitrogens with one attached hydrogen (secondary N) is 2. The maximum absolute atomic E-state index is 13.6. The third-order valence-corrected chi connectivity index (χ3v) is 7.46. The van der Waals surface area contributed by atoms with E-state index in [4.69, 9.17) is 10.00 Å². The van der Waals surface area contributed by atoms with Gasteiger partial charge in [-0.1, -0.05) is 49.6 Å². The molecule has 8 nitrogen and oxygen atoms in total. The summed E-state index contributed by atoms with van der Waals surface area (Å²) in [5, 5.41) is 15.3. The number of amides is 2. The van der Waals surface area contributed by atoms with Crippen LogP contribution in [0.25, 0.3) is 0 Å². The summed E-state index contributed by atoms with van der Waals surface area (Å²) in [7, 11) is 0. The molecule has 0 spiro atoms. The Kier molecular flexibility index (Phi) is 10.9. The first kappa shape index (κ1) is 28.6. The highest BCUT2D eigenvalue weighted by molar-refractivity contribution is 5.88. The summed E-state index contributed by atoms with van der Waals surface area (Å²) in [6.07, 6.45) is 5.10. The molecule has 1 aliphatic heterocycles. The summed E-state index contributed by atoms with van der Waals surface area (Å²) >= 11 is 0. The number of esters is 1. The number of alkyl halides is 1. The summed E-state index contributed by atoms with van der Waals surface area (Å²) in [6, 6.07) is 10.1. The molecule has 0 radical (unpaired) electrons. The molecule has 2 N–H and O–H groups in total. The highest BCUT2D eigenvalue weighted by atomic mass is 19.1. The van der Waals surface area contributed by atoms with Crippen molar-refractivity contribution in [3.05, 3.63) is 35.9 Å². The summed E-state index contributed by atoms with van der Waals surface area (Å²) in [6.45, 7) is 2.52. The smallest absolute Gasteiger partial charge is 0.328 e. The van der Waals surface area contributed by atoms with Crippen LogP contribution in [-0.4, -0.2) is 67.2 Å². The summed E-state index contributed by atoms with van der Waals surface area (Å²) in [4.78, 5) is 40.0.